The highest BCUT2D eigenvalue weighted by molar-refractivity contribution is 8.00. The van der Waals surface area contributed by atoms with Crippen molar-refractivity contribution in [3.05, 3.63) is 46.9 Å². The van der Waals surface area contributed by atoms with Gasteiger partial charge in [0.1, 0.15) is 22.5 Å². The number of carbonyl (C=O) groups is 1. The smallest absolute Gasteiger partial charge is 0.237 e. The molecule has 0 aliphatic heterocycles. The molecule has 0 saturated heterocycles. The Kier molecular flexibility index (Phi) is 6.16. The first kappa shape index (κ1) is 18.9. The van der Waals surface area contributed by atoms with Crippen LogP contribution < -0.4 is 5.32 Å². The number of nitrogens with one attached hydrogen (secondary N) is 1. The van der Waals surface area contributed by atoms with Gasteiger partial charge in [0.25, 0.3) is 0 Å². The molecule has 1 unspecified atom stereocenters. The molecule has 1 amide bonds. The van der Waals surface area contributed by atoms with Gasteiger partial charge in [0, 0.05) is 5.69 Å². The predicted molar refractivity (Wildman–Crippen MR) is 101 cm³/mol. The summed E-state index contributed by atoms with van der Waals surface area (Å²) in [5.74, 6) is 0.796. The van der Waals surface area contributed by atoms with Gasteiger partial charge in [-0.15, -0.1) is 0 Å². The maximum Gasteiger partial charge on any atom is 0.237 e. The van der Waals surface area contributed by atoms with Crippen LogP contribution in [0.5, 0.6) is 0 Å². The van der Waals surface area contributed by atoms with Gasteiger partial charge in [-0.2, -0.15) is 5.26 Å². The van der Waals surface area contributed by atoms with E-state index in [-0.39, 0.29) is 11.2 Å². The molecule has 1 aromatic carbocycles. The highest BCUT2D eigenvalue weighted by Crippen LogP contribution is 2.28. The number of amides is 1. The number of thioether (sulfide) groups is 1. The van der Waals surface area contributed by atoms with Crippen molar-refractivity contribution in [2.75, 3.05) is 5.32 Å². The molecule has 0 saturated carbocycles. The van der Waals surface area contributed by atoms with Crippen LogP contribution in [0.2, 0.25) is 0 Å². The second-order valence-corrected chi connectivity index (χ2v) is 7.47. The molecular weight excluding hydrogens is 332 g/mol. The van der Waals surface area contributed by atoms with Crippen LogP contribution >= 0.6 is 11.8 Å². The minimum absolute atomic E-state index is 0.115. The van der Waals surface area contributed by atoms with Crippen LogP contribution in [0.15, 0.2) is 29.3 Å². The van der Waals surface area contributed by atoms with Crippen molar-refractivity contribution in [2.24, 2.45) is 0 Å². The fraction of sp³-hybridized carbons (Fsp3) is 0.368. The molecule has 1 aromatic heterocycles. The molecule has 0 fully saturated rings. The van der Waals surface area contributed by atoms with Gasteiger partial charge < -0.3 is 5.32 Å². The number of nitriles is 1. The third-order valence-electron chi connectivity index (χ3n) is 3.78. The summed E-state index contributed by atoms with van der Waals surface area (Å²) in [4.78, 5) is 21.1. The molecule has 25 heavy (non-hydrogen) atoms. The number of carbonyl (C=O) groups excluding carboxylic acids is 1. The normalized spacial score (nSPS) is 11.9. The Morgan fingerprint density at radius 3 is 2.52 bits per heavy atom. The van der Waals surface area contributed by atoms with E-state index < -0.39 is 0 Å². The zero-order valence-electron chi connectivity index (χ0n) is 15.1. The van der Waals surface area contributed by atoms with Crippen molar-refractivity contribution in [1.29, 1.82) is 5.26 Å². The van der Waals surface area contributed by atoms with Crippen molar-refractivity contribution in [3.63, 3.8) is 0 Å². The summed E-state index contributed by atoms with van der Waals surface area (Å²) in [7, 11) is 0. The number of hydrogen-bond acceptors (Lipinski definition) is 5. The first-order chi connectivity index (χ1) is 11.8. The average Bonchev–Trinajstić information content (AvgIpc) is 2.54. The first-order valence-electron chi connectivity index (χ1n) is 8.15. The molecule has 1 N–H and O–H groups in total. The maximum absolute atomic E-state index is 12.6. The van der Waals surface area contributed by atoms with Crippen LogP contribution in [0.1, 0.15) is 49.3 Å². The van der Waals surface area contributed by atoms with Crippen LogP contribution in [-0.4, -0.2) is 21.1 Å². The summed E-state index contributed by atoms with van der Waals surface area (Å²) in [6.45, 7) is 9.55. The van der Waals surface area contributed by atoms with Gasteiger partial charge in [0.05, 0.1) is 10.9 Å². The summed E-state index contributed by atoms with van der Waals surface area (Å²) in [5, 5.41) is 12.5. The highest BCUT2D eigenvalue weighted by atomic mass is 32.2. The zero-order chi connectivity index (χ0) is 18.6. The van der Waals surface area contributed by atoms with Crippen molar-refractivity contribution < 1.29 is 4.79 Å². The van der Waals surface area contributed by atoms with Gasteiger partial charge in [0.2, 0.25) is 5.91 Å². The molecule has 2 rings (SSSR count). The molecule has 0 bridgehead atoms. The third-order valence-corrected chi connectivity index (χ3v) is 4.86. The van der Waals surface area contributed by atoms with Crippen molar-refractivity contribution in [1.82, 2.24) is 9.97 Å². The highest BCUT2D eigenvalue weighted by Gasteiger charge is 2.20. The monoisotopic (exact) mass is 354 g/mol. The Balaban J connectivity index is 2.19. The van der Waals surface area contributed by atoms with Crippen molar-refractivity contribution in [2.45, 2.75) is 50.8 Å². The largest absolute Gasteiger partial charge is 0.325 e. The number of aromatic nitrogens is 2. The molecule has 0 aliphatic rings. The molecule has 6 heteroatoms. The van der Waals surface area contributed by atoms with Crippen LogP contribution in [0.25, 0.3) is 0 Å². The number of para-hydroxylation sites is 1. The van der Waals surface area contributed by atoms with Gasteiger partial charge in [-0.25, -0.2) is 9.97 Å². The van der Waals surface area contributed by atoms with E-state index in [0.29, 0.717) is 28.0 Å². The summed E-state index contributed by atoms with van der Waals surface area (Å²) in [6.07, 6.45) is 0. The average molecular weight is 354 g/mol. The summed E-state index contributed by atoms with van der Waals surface area (Å²) in [6, 6.07) is 9.93. The van der Waals surface area contributed by atoms with E-state index in [1.165, 1.54) is 11.8 Å². The van der Waals surface area contributed by atoms with E-state index >= 15 is 0 Å². The fourth-order valence-corrected chi connectivity index (χ4v) is 3.46. The maximum atomic E-state index is 12.6. The van der Waals surface area contributed by atoms with E-state index in [1.54, 1.807) is 13.8 Å². The lowest BCUT2D eigenvalue weighted by Gasteiger charge is -2.16. The molecule has 2 aromatic rings. The van der Waals surface area contributed by atoms with Gasteiger partial charge in [-0.1, -0.05) is 43.8 Å². The SMILES string of the molecule is Cc1nc(C)c(C#N)c(SC(C)C(=O)Nc2ccccc2C(C)C)n1. The van der Waals surface area contributed by atoms with Crippen LogP contribution in [-0.2, 0) is 4.79 Å². The van der Waals surface area contributed by atoms with E-state index in [4.69, 9.17) is 0 Å². The summed E-state index contributed by atoms with van der Waals surface area (Å²) < 4.78 is 0. The number of anilines is 1. The quantitative estimate of drug-likeness (QED) is 0.643. The Labute approximate surface area is 152 Å². The molecule has 0 radical (unpaired) electrons. The minimum Gasteiger partial charge on any atom is -0.325 e. The van der Waals surface area contributed by atoms with Crippen LogP contribution in [0.4, 0.5) is 5.69 Å². The van der Waals surface area contributed by atoms with Gasteiger partial charge >= 0.3 is 0 Å². The van der Waals surface area contributed by atoms with E-state index in [0.717, 1.165) is 11.3 Å². The number of hydrogen-bond donors (Lipinski definition) is 1. The molecule has 130 valence electrons. The summed E-state index contributed by atoms with van der Waals surface area (Å²) in [5.41, 5.74) is 2.98. The van der Waals surface area contributed by atoms with Gasteiger partial charge in [0.15, 0.2) is 0 Å². The van der Waals surface area contributed by atoms with E-state index in [2.05, 4.69) is 35.2 Å². The molecule has 1 heterocycles. The minimum atomic E-state index is -0.388. The molecular formula is C19H22N4OS. The molecule has 1 atom stereocenters. The van der Waals surface area contributed by atoms with E-state index in [9.17, 15) is 10.1 Å². The second-order valence-electron chi connectivity index (χ2n) is 6.14. The number of nitrogens with zero attached hydrogens (tertiary/aromatic N) is 3. The van der Waals surface area contributed by atoms with Crippen LogP contribution in [0.3, 0.4) is 0 Å². The Hall–Kier alpha value is -2.39. The standard InChI is InChI=1S/C19H22N4OS/c1-11(2)15-8-6-7-9-17(15)23-18(24)13(4)25-19-16(10-20)12(3)21-14(5)22-19/h6-9,11,13H,1-5H3,(H,23,24). The predicted octanol–water partition coefficient (Wildman–Crippen LogP) is 4.21. The molecule has 0 aliphatic carbocycles. The van der Waals surface area contributed by atoms with Crippen molar-refractivity contribution >= 4 is 23.4 Å². The Morgan fingerprint density at radius 2 is 1.88 bits per heavy atom. The zero-order valence-corrected chi connectivity index (χ0v) is 15.9. The second kappa shape index (κ2) is 8.13. The number of rotatable bonds is 5. The Bertz CT molecular complexity index is 827. The van der Waals surface area contributed by atoms with E-state index in [1.807, 2.05) is 31.2 Å². The lowest BCUT2D eigenvalue weighted by atomic mass is 10.0. The summed E-state index contributed by atoms with van der Waals surface area (Å²) >= 11 is 1.28. The van der Waals surface area contributed by atoms with Gasteiger partial charge in [-0.3, -0.25) is 4.79 Å². The third kappa shape index (κ3) is 4.58. The lowest BCUT2D eigenvalue weighted by molar-refractivity contribution is -0.115. The fourth-order valence-electron chi connectivity index (χ4n) is 2.46. The first-order valence-corrected chi connectivity index (χ1v) is 9.03. The lowest BCUT2D eigenvalue weighted by Crippen LogP contribution is -2.23. The van der Waals surface area contributed by atoms with Crippen molar-refractivity contribution in [3.8, 4) is 6.07 Å². The number of benzene rings is 1. The molecule has 0 spiro atoms. The number of aryl methyl sites for hydroxylation is 2. The van der Waals surface area contributed by atoms with Crippen LogP contribution in [0, 0.1) is 25.2 Å². The Morgan fingerprint density at radius 1 is 1.20 bits per heavy atom. The molecule has 5 nitrogen and oxygen atoms in total. The van der Waals surface area contributed by atoms with Gasteiger partial charge in [-0.05, 0) is 38.3 Å². The topological polar surface area (TPSA) is 78.7 Å².